The van der Waals surface area contributed by atoms with Gasteiger partial charge in [-0.05, 0) is 81.8 Å². The van der Waals surface area contributed by atoms with Gasteiger partial charge in [0.1, 0.15) is 6.04 Å². The molecule has 1 N–H and O–H groups in total. The second kappa shape index (κ2) is 7.32. The van der Waals surface area contributed by atoms with Gasteiger partial charge in [0.2, 0.25) is 5.95 Å². The Kier molecular flexibility index (Phi) is 4.64. The molecule has 146 valence electrons. The number of allylic oxidation sites excluding steroid dienone is 2. The number of nitrogens with zero attached hydrogens (tertiary/aromatic N) is 4. The summed E-state index contributed by atoms with van der Waals surface area (Å²) in [5.74, 6) is 1.17. The second-order valence-corrected chi connectivity index (χ2v) is 8.53. The number of hydrogen-bond acceptors (Lipinski definition) is 4. The summed E-state index contributed by atoms with van der Waals surface area (Å²) in [6.45, 7) is 2.29. The number of hydrogen-bond donors (Lipinski definition) is 1. The van der Waals surface area contributed by atoms with E-state index >= 15 is 0 Å². The lowest BCUT2D eigenvalue weighted by Gasteiger charge is -2.36. The summed E-state index contributed by atoms with van der Waals surface area (Å²) in [6.07, 6.45) is 4.20. The van der Waals surface area contributed by atoms with Crippen LogP contribution >= 0.6 is 23.2 Å². The molecule has 0 saturated heterocycles. The van der Waals surface area contributed by atoms with Gasteiger partial charge in [0.05, 0.1) is 0 Å². The van der Waals surface area contributed by atoms with Crippen molar-refractivity contribution < 1.29 is 0 Å². The molecule has 0 saturated carbocycles. The van der Waals surface area contributed by atoms with Gasteiger partial charge < -0.3 is 5.32 Å². The Bertz CT molecular complexity index is 1110. The van der Waals surface area contributed by atoms with Crippen molar-refractivity contribution in [3.05, 3.63) is 86.5 Å². The number of fused-ring (bicyclic) bond motifs is 1. The van der Waals surface area contributed by atoms with Crippen LogP contribution in [0.3, 0.4) is 0 Å². The highest BCUT2D eigenvalue weighted by Crippen LogP contribution is 2.45. The van der Waals surface area contributed by atoms with E-state index in [2.05, 4.69) is 46.0 Å². The molecule has 2 heterocycles. The predicted molar refractivity (Wildman–Crippen MR) is 116 cm³/mol. The van der Waals surface area contributed by atoms with Crippen molar-refractivity contribution in [2.24, 2.45) is 5.92 Å². The average Bonchev–Trinajstić information content (AvgIpc) is 3.17. The van der Waals surface area contributed by atoms with Crippen LogP contribution in [-0.4, -0.2) is 20.2 Å². The van der Waals surface area contributed by atoms with Gasteiger partial charge in [0, 0.05) is 15.7 Å². The molecule has 0 fully saturated rings. The summed E-state index contributed by atoms with van der Waals surface area (Å²) >= 11 is 12.2. The summed E-state index contributed by atoms with van der Waals surface area (Å²) in [5, 5.41) is 17.3. The topological polar surface area (TPSA) is 55.6 Å². The summed E-state index contributed by atoms with van der Waals surface area (Å²) in [4.78, 5) is 0. The predicted octanol–water partition coefficient (Wildman–Crippen LogP) is 5.76. The first-order chi connectivity index (χ1) is 14.1. The largest absolute Gasteiger partial charge is 0.323 e. The quantitative estimate of drug-likeness (QED) is 0.568. The molecule has 2 aromatic carbocycles. The van der Waals surface area contributed by atoms with Crippen LogP contribution in [0, 0.1) is 5.92 Å². The van der Waals surface area contributed by atoms with Crippen molar-refractivity contribution in [3.63, 3.8) is 0 Å². The highest BCUT2D eigenvalue weighted by molar-refractivity contribution is 6.30. The number of aromatic nitrogens is 4. The maximum Gasteiger partial charge on any atom is 0.248 e. The number of nitrogens with one attached hydrogen (secondary N) is 1. The van der Waals surface area contributed by atoms with Crippen molar-refractivity contribution in [3.8, 4) is 0 Å². The van der Waals surface area contributed by atoms with Crippen LogP contribution in [0.2, 0.25) is 10.0 Å². The molecular weight excluding hydrogens is 405 g/mol. The molecule has 2 atom stereocenters. The number of anilines is 1. The standard InChI is InChI=1S/C22H19Cl2N5/c1-13-10-16(12-14-2-6-17(23)7-3-14)20-19(11-13)21(15-4-8-18(24)9-5-15)29-22(25-20)26-27-28-29/h2-9,12-13,21H,10-11H2,1H3,(H,25,26,28)/b16-12+. The van der Waals surface area contributed by atoms with Crippen LogP contribution in [-0.2, 0) is 0 Å². The minimum absolute atomic E-state index is 0.0510. The highest BCUT2D eigenvalue weighted by Gasteiger charge is 2.35. The van der Waals surface area contributed by atoms with Crippen molar-refractivity contribution >= 4 is 35.2 Å². The number of tetrazole rings is 1. The van der Waals surface area contributed by atoms with Crippen LogP contribution in [0.4, 0.5) is 5.95 Å². The third kappa shape index (κ3) is 3.45. The maximum absolute atomic E-state index is 6.12. The fourth-order valence-electron chi connectivity index (χ4n) is 4.23. The Balaban J connectivity index is 1.65. The van der Waals surface area contributed by atoms with Crippen molar-refractivity contribution in [1.29, 1.82) is 0 Å². The molecule has 2 unspecified atom stereocenters. The molecule has 0 bridgehead atoms. The van der Waals surface area contributed by atoms with Gasteiger partial charge in [-0.25, -0.2) is 0 Å². The van der Waals surface area contributed by atoms with Gasteiger partial charge in [-0.3, -0.25) is 0 Å². The number of benzene rings is 2. The lowest BCUT2D eigenvalue weighted by Crippen LogP contribution is -2.30. The van der Waals surface area contributed by atoms with Gasteiger partial charge in [0.15, 0.2) is 0 Å². The monoisotopic (exact) mass is 423 g/mol. The zero-order valence-electron chi connectivity index (χ0n) is 15.8. The minimum Gasteiger partial charge on any atom is -0.323 e. The molecule has 5 rings (SSSR count). The first-order valence-electron chi connectivity index (χ1n) is 9.58. The Morgan fingerprint density at radius 3 is 2.41 bits per heavy atom. The van der Waals surface area contributed by atoms with Gasteiger partial charge >= 0.3 is 0 Å². The fraction of sp³-hybridized carbons (Fsp3) is 0.227. The average molecular weight is 424 g/mol. The van der Waals surface area contributed by atoms with Gasteiger partial charge in [0.25, 0.3) is 0 Å². The number of rotatable bonds is 2. The fourth-order valence-corrected chi connectivity index (χ4v) is 4.48. The highest BCUT2D eigenvalue weighted by atomic mass is 35.5. The molecular formula is C22H19Cl2N5. The SMILES string of the molecule is CC1CC2=C(Nc3nnnn3C2c2ccc(Cl)cc2)/C(=C/c2ccc(Cl)cc2)C1. The second-order valence-electron chi connectivity index (χ2n) is 7.66. The summed E-state index contributed by atoms with van der Waals surface area (Å²) < 4.78 is 1.86. The maximum atomic E-state index is 6.12. The Morgan fingerprint density at radius 1 is 1.00 bits per heavy atom. The minimum atomic E-state index is -0.0510. The van der Waals surface area contributed by atoms with Crippen LogP contribution in [0.25, 0.3) is 6.08 Å². The summed E-state index contributed by atoms with van der Waals surface area (Å²) in [5.41, 5.74) is 5.93. The van der Waals surface area contributed by atoms with Crippen LogP contribution in [0.1, 0.15) is 36.9 Å². The van der Waals surface area contributed by atoms with E-state index in [1.165, 1.54) is 11.1 Å². The summed E-state index contributed by atoms with van der Waals surface area (Å²) in [6, 6.07) is 15.8. The van der Waals surface area contributed by atoms with E-state index < -0.39 is 0 Å². The van der Waals surface area contributed by atoms with Crippen LogP contribution in [0.5, 0.6) is 0 Å². The number of halogens is 2. The van der Waals surface area contributed by atoms with E-state index in [4.69, 9.17) is 23.2 Å². The first-order valence-corrected chi connectivity index (χ1v) is 10.3. The molecule has 2 aliphatic rings. The Hall–Kier alpha value is -2.63. The van der Waals surface area contributed by atoms with E-state index in [-0.39, 0.29) is 6.04 Å². The van der Waals surface area contributed by atoms with Crippen molar-refractivity contribution in [1.82, 2.24) is 20.2 Å². The molecule has 5 nitrogen and oxygen atoms in total. The zero-order valence-corrected chi connectivity index (χ0v) is 17.3. The molecule has 0 radical (unpaired) electrons. The van der Waals surface area contributed by atoms with E-state index in [0.717, 1.165) is 34.7 Å². The molecule has 1 aromatic heterocycles. The van der Waals surface area contributed by atoms with Gasteiger partial charge in [-0.1, -0.05) is 59.5 Å². The first kappa shape index (κ1) is 18.4. The van der Waals surface area contributed by atoms with E-state index in [1.54, 1.807) is 0 Å². The third-order valence-corrected chi connectivity index (χ3v) is 5.98. The zero-order chi connectivity index (χ0) is 20.0. The molecule has 0 spiro atoms. The van der Waals surface area contributed by atoms with E-state index in [9.17, 15) is 0 Å². The third-order valence-electron chi connectivity index (χ3n) is 5.48. The normalized spacial score (nSPS) is 22.2. The van der Waals surface area contributed by atoms with Gasteiger partial charge in [-0.15, -0.1) is 0 Å². The van der Waals surface area contributed by atoms with Crippen molar-refractivity contribution in [2.75, 3.05) is 5.32 Å². The molecule has 3 aromatic rings. The van der Waals surface area contributed by atoms with Crippen LogP contribution in [0.15, 0.2) is 65.4 Å². The molecule has 29 heavy (non-hydrogen) atoms. The molecule has 0 amide bonds. The molecule has 1 aliphatic carbocycles. The molecule has 1 aliphatic heterocycles. The van der Waals surface area contributed by atoms with E-state index in [0.29, 0.717) is 16.9 Å². The smallest absolute Gasteiger partial charge is 0.248 e. The van der Waals surface area contributed by atoms with Crippen LogP contribution < -0.4 is 5.32 Å². The Morgan fingerprint density at radius 2 is 1.69 bits per heavy atom. The lowest BCUT2D eigenvalue weighted by molar-refractivity contribution is 0.471. The van der Waals surface area contributed by atoms with Crippen molar-refractivity contribution in [2.45, 2.75) is 25.8 Å². The van der Waals surface area contributed by atoms with E-state index in [1.807, 2.05) is 41.1 Å². The Labute approximate surface area is 179 Å². The lowest BCUT2D eigenvalue weighted by atomic mass is 9.78. The molecule has 7 heteroatoms. The van der Waals surface area contributed by atoms with Gasteiger partial charge in [-0.2, -0.15) is 4.68 Å². The summed E-state index contributed by atoms with van der Waals surface area (Å²) in [7, 11) is 0.